The molecule has 1 unspecified atom stereocenters. The van der Waals surface area contributed by atoms with Gasteiger partial charge in [-0.3, -0.25) is 0 Å². The highest BCUT2D eigenvalue weighted by Crippen LogP contribution is 2.27. The topological polar surface area (TPSA) is 66.4 Å². The van der Waals surface area contributed by atoms with Crippen LogP contribution >= 0.6 is 11.6 Å². The average Bonchev–Trinajstić information content (AvgIpc) is 2.59. The molecule has 2 aromatic carbocycles. The van der Waals surface area contributed by atoms with Crippen LogP contribution < -0.4 is 4.72 Å². The number of rotatable bonds is 7. The molecule has 2 aromatic rings. The van der Waals surface area contributed by atoms with E-state index in [-0.39, 0.29) is 5.92 Å². The summed E-state index contributed by atoms with van der Waals surface area (Å²) in [7, 11) is -4.12. The van der Waals surface area contributed by atoms with Crippen LogP contribution in [0.25, 0.3) is 0 Å². The quantitative estimate of drug-likeness (QED) is 0.759. The third kappa shape index (κ3) is 4.79. The third-order valence-electron chi connectivity index (χ3n) is 4.23. The molecule has 0 aliphatic heterocycles. The van der Waals surface area contributed by atoms with Crippen LogP contribution in [0.5, 0.6) is 0 Å². The van der Waals surface area contributed by atoms with E-state index in [1.54, 1.807) is 24.3 Å². The van der Waals surface area contributed by atoms with E-state index in [9.17, 15) is 17.9 Å². The van der Waals surface area contributed by atoms with E-state index in [0.29, 0.717) is 17.0 Å². The Labute approximate surface area is 152 Å². The molecule has 25 heavy (non-hydrogen) atoms. The molecule has 0 aromatic heterocycles. The highest BCUT2D eigenvalue weighted by atomic mass is 35.5. The SMILES string of the molecule is CC[C@H](C)[C@H](NS(=O)(=O)c1ccccc1F)C(O)c1ccc(Cl)cc1. The number of aliphatic hydroxyl groups excluding tert-OH is 1. The molecule has 4 nitrogen and oxygen atoms in total. The molecule has 0 amide bonds. The first-order valence-electron chi connectivity index (χ1n) is 7.96. The Morgan fingerprint density at radius 1 is 1.16 bits per heavy atom. The van der Waals surface area contributed by atoms with Crippen molar-refractivity contribution in [3.8, 4) is 0 Å². The number of hydrogen-bond acceptors (Lipinski definition) is 3. The summed E-state index contributed by atoms with van der Waals surface area (Å²) in [5.74, 6) is -1.01. The van der Waals surface area contributed by atoms with E-state index >= 15 is 0 Å². The van der Waals surface area contributed by atoms with Gasteiger partial charge in [0, 0.05) is 5.02 Å². The fourth-order valence-electron chi connectivity index (χ4n) is 2.52. The summed E-state index contributed by atoms with van der Waals surface area (Å²) in [4.78, 5) is -0.438. The monoisotopic (exact) mass is 385 g/mol. The van der Waals surface area contributed by atoms with Gasteiger partial charge in [-0.2, -0.15) is 0 Å². The van der Waals surface area contributed by atoms with Gasteiger partial charge in [0.15, 0.2) is 0 Å². The van der Waals surface area contributed by atoms with Crippen LogP contribution in [0.1, 0.15) is 31.9 Å². The lowest BCUT2D eigenvalue weighted by atomic mass is 9.91. The number of nitrogens with one attached hydrogen (secondary N) is 1. The van der Waals surface area contributed by atoms with Gasteiger partial charge in [-0.1, -0.05) is 56.1 Å². The molecule has 0 saturated heterocycles. The third-order valence-corrected chi connectivity index (χ3v) is 5.97. The predicted molar refractivity (Wildman–Crippen MR) is 96.4 cm³/mol. The Balaban J connectivity index is 2.35. The van der Waals surface area contributed by atoms with E-state index in [1.807, 2.05) is 13.8 Å². The van der Waals surface area contributed by atoms with Crippen LogP contribution in [0.4, 0.5) is 4.39 Å². The van der Waals surface area contributed by atoms with Crippen molar-refractivity contribution < 1.29 is 17.9 Å². The first-order valence-corrected chi connectivity index (χ1v) is 9.82. The number of hydrogen-bond donors (Lipinski definition) is 2. The van der Waals surface area contributed by atoms with Gasteiger partial charge in [0.05, 0.1) is 12.1 Å². The van der Waals surface area contributed by atoms with Gasteiger partial charge in [-0.25, -0.2) is 17.5 Å². The molecule has 7 heteroatoms. The Bertz CT molecular complexity index is 811. The molecule has 0 bridgehead atoms. The summed E-state index contributed by atoms with van der Waals surface area (Å²) in [6, 6.07) is 10.9. The Kier molecular flexibility index (Phi) is 6.57. The zero-order valence-corrected chi connectivity index (χ0v) is 15.6. The molecule has 3 atom stereocenters. The van der Waals surface area contributed by atoms with E-state index in [4.69, 9.17) is 11.6 Å². The highest BCUT2D eigenvalue weighted by molar-refractivity contribution is 7.89. The fraction of sp³-hybridized carbons (Fsp3) is 0.333. The molecule has 0 heterocycles. The summed E-state index contributed by atoms with van der Waals surface area (Å²) in [5, 5.41) is 11.2. The molecular weight excluding hydrogens is 365 g/mol. The van der Waals surface area contributed by atoms with Crippen molar-refractivity contribution in [2.24, 2.45) is 5.92 Å². The molecule has 0 spiro atoms. The van der Waals surface area contributed by atoms with E-state index in [1.165, 1.54) is 18.2 Å². The maximum Gasteiger partial charge on any atom is 0.243 e. The minimum absolute atomic E-state index is 0.174. The predicted octanol–water partition coefficient (Wildman–Crippen LogP) is 3.91. The second-order valence-electron chi connectivity index (χ2n) is 5.96. The van der Waals surface area contributed by atoms with Gasteiger partial charge in [0.1, 0.15) is 10.7 Å². The van der Waals surface area contributed by atoms with Crippen LogP contribution in [0.15, 0.2) is 53.4 Å². The Hall–Kier alpha value is -1.47. The maximum atomic E-state index is 13.9. The van der Waals surface area contributed by atoms with Crippen LogP contribution in [-0.4, -0.2) is 19.6 Å². The van der Waals surface area contributed by atoms with Gasteiger partial charge in [0.2, 0.25) is 10.0 Å². The summed E-state index contributed by atoms with van der Waals surface area (Å²) >= 11 is 5.85. The van der Waals surface area contributed by atoms with Gasteiger partial charge < -0.3 is 5.11 Å². The van der Waals surface area contributed by atoms with Gasteiger partial charge in [-0.15, -0.1) is 0 Å². The Morgan fingerprint density at radius 3 is 2.32 bits per heavy atom. The van der Waals surface area contributed by atoms with Crippen LogP contribution in [0.3, 0.4) is 0 Å². The van der Waals surface area contributed by atoms with Gasteiger partial charge in [-0.05, 0) is 35.7 Å². The normalized spacial score (nSPS) is 15.6. The van der Waals surface area contributed by atoms with Gasteiger partial charge >= 0.3 is 0 Å². The Morgan fingerprint density at radius 2 is 1.76 bits per heavy atom. The lowest BCUT2D eigenvalue weighted by Gasteiger charge is -2.29. The number of halogens is 2. The molecule has 0 saturated carbocycles. The minimum atomic E-state index is -4.12. The van der Waals surface area contributed by atoms with Gasteiger partial charge in [0.25, 0.3) is 0 Å². The summed E-state index contributed by atoms with van der Waals surface area (Å²) in [6.45, 7) is 3.72. The van der Waals surface area contributed by atoms with Crippen molar-refractivity contribution in [3.63, 3.8) is 0 Å². The van der Waals surface area contributed by atoms with Crippen molar-refractivity contribution in [1.82, 2.24) is 4.72 Å². The summed E-state index contributed by atoms with van der Waals surface area (Å²) in [6.07, 6.45) is -0.455. The van der Waals surface area contributed by atoms with Crippen LogP contribution in [-0.2, 0) is 10.0 Å². The lowest BCUT2D eigenvalue weighted by Crippen LogP contribution is -2.43. The van der Waals surface area contributed by atoms with E-state index < -0.39 is 32.9 Å². The molecule has 2 N–H and O–H groups in total. The molecule has 136 valence electrons. The standard InChI is InChI=1S/C18H21ClFNO3S/c1-3-12(2)17(18(22)13-8-10-14(19)11-9-13)21-25(23,24)16-7-5-4-6-15(16)20/h4-12,17-18,21-22H,3H2,1-2H3/t12-,17-,18?/m0/s1. The lowest BCUT2D eigenvalue weighted by molar-refractivity contribution is 0.112. The zero-order chi connectivity index (χ0) is 18.6. The van der Waals surface area contributed by atoms with Crippen molar-refractivity contribution >= 4 is 21.6 Å². The molecule has 0 fully saturated rings. The maximum absolute atomic E-state index is 13.9. The van der Waals surface area contributed by atoms with E-state index in [2.05, 4.69) is 4.72 Å². The number of aliphatic hydroxyl groups is 1. The summed E-state index contributed by atoms with van der Waals surface area (Å²) < 4.78 is 41.5. The second kappa shape index (κ2) is 8.27. The molecule has 2 rings (SSSR count). The summed E-state index contributed by atoms with van der Waals surface area (Å²) in [5.41, 5.74) is 0.533. The molecule has 0 aliphatic rings. The van der Waals surface area contributed by atoms with Crippen LogP contribution in [0.2, 0.25) is 5.02 Å². The fourth-order valence-corrected chi connectivity index (χ4v) is 4.07. The zero-order valence-electron chi connectivity index (χ0n) is 14.0. The average molecular weight is 386 g/mol. The van der Waals surface area contributed by atoms with Crippen molar-refractivity contribution in [1.29, 1.82) is 0 Å². The van der Waals surface area contributed by atoms with Crippen molar-refractivity contribution in [2.45, 2.75) is 37.3 Å². The smallest absolute Gasteiger partial charge is 0.243 e. The van der Waals surface area contributed by atoms with Crippen molar-refractivity contribution in [3.05, 3.63) is 64.9 Å². The second-order valence-corrected chi connectivity index (χ2v) is 8.08. The number of benzene rings is 2. The first-order chi connectivity index (χ1) is 11.8. The molecule has 0 aliphatic carbocycles. The number of sulfonamides is 1. The van der Waals surface area contributed by atoms with Crippen molar-refractivity contribution in [2.75, 3.05) is 0 Å². The molecular formula is C18H21ClFNO3S. The highest BCUT2D eigenvalue weighted by Gasteiger charge is 2.31. The molecule has 0 radical (unpaired) electrons. The largest absolute Gasteiger partial charge is 0.387 e. The van der Waals surface area contributed by atoms with E-state index in [0.717, 1.165) is 6.07 Å². The minimum Gasteiger partial charge on any atom is -0.387 e. The van der Waals surface area contributed by atoms with Crippen LogP contribution in [0, 0.1) is 11.7 Å². The first kappa shape index (κ1) is 19.8.